The molecule has 1 atom stereocenters. The van der Waals surface area contributed by atoms with E-state index in [9.17, 15) is 10.1 Å². The maximum Gasteiger partial charge on any atom is 0.269 e. The molecule has 19 heavy (non-hydrogen) atoms. The average Bonchev–Trinajstić information content (AvgIpc) is 2.42. The molecule has 1 aromatic rings. The summed E-state index contributed by atoms with van der Waals surface area (Å²) >= 11 is 1.75. The highest BCUT2D eigenvalue weighted by atomic mass is 32.2. The van der Waals surface area contributed by atoms with Crippen molar-refractivity contribution in [2.45, 2.75) is 44.0 Å². The molecule has 0 saturated carbocycles. The summed E-state index contributed by atoms with van der Waals surface area (Å²) < 4.78 is 0. The van der Waals surface area contributed by atoms with Gasteiger partial charge in [0.2, 0.25) is 0 Å². The molecule has 0 radical (unpaired) electrons. The van der Waals surface area contributed by atoms with Crippen molar-refractivity contribution in [3.05, 3.63) is 34.4 Å². The topological polar surface area (TPSA) is 55.2 Å². The second kappa shape index (κ2) is 8.93. The number of non-ortho nitro benzene ring substituents is 1. The normalized spacial score (nSPS) is 12.3. The summed E-state index contributed by atoms with van der Waals surface area (Å²) in [5.41, 5.74) is 0.151. The van der Waals surface area contributed by atoms with Crippen molar-refractivity contribution in [2.24, 2.45) is 0 Å². The molecule has 0 bridgehead atoms. The summed E-state index contributed by atoms with van der Waals surface area (Å²) in [7, 11) is 0. The lowest BCUT2D eigenvalue weighted by atomic mass is 10.2. The Morgan fingerprint density at radius 3 is 2.47 bits per heavy atom. The third-order valence-corrected chi connectivity index (χ3v) is 3.99. The molecule has 1 aromatic carbocycles. The average molecular weight is 282 g/mol. The smallest absolute Gasteiger partial charge is 0.269 e. The minimum absolute atomic E-state index is 0.151. The van der Waals surface area contributed by atoms with E-state index in [4.69, 9.17) is 0 Å². The van der Waals surface area contributed by atoms with E-state index in [0.29, 0.717) is 6.04 Å². The molecule has 1 unspecified atom stereocenters. The standard InChI is InChI=1S/C14H22N2O2S/c1-3-5-12(15-10-4-2)11-19-14-8-6-13(7-9-14)16(17)18/h6-9,12,15H,3-5,10-11H2,1-2H3. The lowest BCUT2D eigenvalue weighted by Crippen LogP contribution is -2.31. The van der Waals surface area contributed by atoms with Gasteiger partial charge in [-0.25, -0.2) is 0 Å². The largest absolute Gasteiger partial charge is 0.313 e. The van der Waals surface area contributed by atoms with Crippen LogP contribution < -0.4 is 5.32 Å². The number of nitrogens with one attached hydrogen (secondary N) is 1. The number of thioether (sulfide) groups is 1. The van der Waals surface area contributed by atoms with Gasteiger partial charge in [0.15, 0.2) is 0 Å². The van der Waals surface area contributed by atoms with E-state index in [-0.39, 0.29) is 10.6 Å². The van der Waals surface area contributed by atoms with Crippen molar-refractivity contribution in [3.8, 4) is 0 Å². The molecule has 0 saturated heterocycles. The fraction of sp³-hybridized carbons (Fsp3) is 0.571. The summed E-state index contributed by atoms with van der Waals surface area (Å²) in [6, 6.07) is 7.30. The molecule has 0 spiro atoms. The molecule has 0 aliphatic rings. The Morgan fingerprint density at radius 1 is 1.26 bits per heavy atom. The Bertz CT molecular complexity index is 382. The van der Waals surface area contributed by atoms with Crippen LogP contribution in [0.3, 0.4) is 0 Å². The summed E-state index contributed by atoms with van der Waals surface area (Å²) in [6.45, 7) is 5.40. The van der Waals surface area contributed by atoms with Gasteiger partial charge in [0, 0.05) is 28.8 Å². The lowest BCUT2D eigenvalue weighted by molar-refractivity contribution is -0.384. The van der Waals surface area contributed by atoms with Crippen LogP contribution in [-0.2, 0) is 0 Å². The van der Waals surface area contributed by atoms with Crippen molar-refractivity contribution in [3.63, 3.8) is 0 Å². The van der Waals surface area contributed by atoms with Gasteiger partial charge < -0.3 is 5.32 Å². The predicted molar refractivity (Wildman–Crippen MR) is 80.8 cm³/mol. The van der Waals surface area contributed by atoms with E-state index in [2.05, 4.69) is 19.2 Å². The van der Waals surface area contributed by atoms with E-state index in [1.807, 2.05) is 12.1 Å². The van der Waals surface area contributed by atoms with Crippen molar-refractivity contribution in [1.29, 1.82) is 0 Å². The quantitative estimate of drug-likeness (QED) is 0.424. The van der Waals surface area contributed by atoms with Crippen molar-refractivity contribution in [2.75, 3.05) is 12.3 Å². The van der Waals surface area contributed by atoms with Crippen molar-refractivity contribution < 1.29 is 4.92 Å². The third kappa shape index (κ3) is 6.07. The van der Waals surface area contributed by atoms with Crippen molar-refractivity contribution >= 4 is 17.4 Å². The zero-order valence-corrected chi connectivity index (χ0v) is 12.4. The van der Waals surface area contributed by atoms with Crippen LogP contribution in [0, 0.1) is 10.1 Å². The second-order valence-corrected chi connectivity index (χ2v) is 5.60. The molecule has 4 nitrogen and oxygen atoms in total. The van der Waals surface area contributed by atoms with Gasteiger partial charge in [-0.1, -0.05) is 20.3 Å². The molecule has 0 aromatic heterocycles. The van der Waals surface area contributed by atoms with Gasteiger partial charge in [0.05, 0.1) is 4.92 Å². The van der Waals surface area contributed by atoms with E-state index in [1.165, 1.54) is 12.8 Å². The number of benzene rings is 1. The van der Waals surface area contributed by atoms with Crippen LogP contribution in [0.1, 0.15) is 33.1 Å². The minimum Gasteiger partial charge on any atom is -0.313 e. The molecule has 0 amide bonds. The molecule has 0 aliphatic heterocycles. The van der Waals surface area contributed by atoms with Crippen LogP contribution in [0.2, 0.25) is 0 Å². The molecule has 106 valence electrons. The van der Waals surface area contributed by atoms with Gasteiger partial charge in [0.1, 0.15) is 0 Å². The van der Waals surface area contributed by atoms with Crippen molar-refractivity contribution in [1.82, 2.24) is 5.32 Å². The number of hydrogen-bond acceptors (Lipinski definition) is 4. The number of nitro groups is 1. The first-order chi connectivity index (χ1) is 9.17. The molecular formula is C14H22N2O2S. The Kier molecular flexibility index (Phi) is 7.52. The van der Waals surface area contributed by atoms with E-state index in [1.54, 1.807) is 23.9 Å². The monoisotopic (exact) mass is 282 g/mol. The van der Waals surface area contributed by atoms with E-state index >= 15 is 0 Å². The first-order valence-corrected chi connectivity index (χ1v) is 7.76. The molecular weight excluding hydrogens is 260 g/mol. The second-order valence-electron chi connectivity index (χ2n) is 4.50. The van der Waals surface area contributed by atoms with Gasteiger partial charge in [-0.15, -0.1) is 11.8 Å². The number of hydrogen-bond donors (Lipinski definition) is 1. The predicted octanol–water partition coefficient (Wildman–Crippen LogP) is 3.86. The Hall–Kier alpha value is -1.07. The zero-order chi connectivity index (χ0) is 14.1. The Morgan fingerprint density at radius 2 is 1.95 bits per heavy atom. The SMILES string of the molecule is CCCNC(CCC)CSc1ccc([N+](=O)[O-])cc1. The van der Waals surface area contributed by atoms with Crippen LogP contribution in [-0.4, -0.2) is 23.3 Å². The van der Waals surface area contributed by atoms with Gasteiger partial charge >= 0.3 is 0 Å². The van der Waals surface area contributed by atoms with Crippen LogP contribution in [0.25, 0.3) is 0 Å². The van der Waals surface area contributed by atoms with Crippen LogP contribution in [0.4, 0.5) is 5.69 Å². The van der Waals surface area contributed by atoms with Gasteiger partial charge in [-0.05, 0) is 31.5 Å². The molecule has 1 N–H and O–H groups in total. The van der Waals surface area contributed by atoms with E-state index in [0.717, 1.165) is 23.6 Å². The van der Waals surface area contributed by atoms with Crippen LogP contribution in [0.5, 0.6) is 0 Å². The molecule has 5 heteroatoms. The highest BCUT2D eigenvalue weighted by molar-refractivity contribution is 7.99. The number of nitrogens with zero attached hydrogens (tertiary/aromatic N) is 1. The zero-order valence-electron chi connectivity index (χ0n) is 11.6. The van der Waals surface area contributed by atoms with E-state index < -0.39 is 0 Å². The minimum atomic E-state index is -0.364. The Labute approximate surface area is 119 Å². The fourth-order valence-corrected chi connectivity index (χ4v) is 2.81. The number of nitro benzene ring substituents is 1. The maximum absolute atomic E-state index is 10.6. The van der Waals surface area contributed by atoms with Gasteiger partial charge in [0.25, 0.3) is 5.69 Å². The highest BCUT2D eigenvalue weighted by Gasteiger charge is 2.08. The first-order valence-electron chi connectivity index (χ1n) is 6.78. The molecule has 0 heterocycles. The van der Waals surface area contributed by atoms with Crippen LogP contribution in [0.15, 0.2) is 29.2 Å². The third-order valence-electron chi connectivity index (χ3n) is 2.82. The lowest BCUT2D eigenvalue weighted by Gasteiger charge is -2.17. The van der Waals surface area contributed by atoms with Gasteiger partial charge in [-0.3, -0.25) is 10.1 Å². The molecule has 0 fully saturated rings. The first kappa shape index (κ1) is 16.0. The van der Waals surface area contributed by atoms with Gasteiger partial charge in [-0.2, -0.15) is 0 Å². The van der Waals surface area contributed by atoms with Crippen LogP contribution >= 0.6 is 11.8 Å². The fourth-order valence-electron chi connectivity index (χ4n) is 1.80. The molecule has 0 aliphatic carbocycles. The summed E-state index contributed by atoms with van der Waals surface area (Å²) in [4.78, 5) is 11.3. The summed E-state index contributed by atoms with van der Waals surface area (Å²) in [6.07, 6.45) is 3.48. The summed E-state index contributed by atoms with van der Waals surface area (Å²) in [5.74, 6) is 1.01. The molecule has 1 rings (SSSR count). The summed E-state index contributed by atoms with van der Waals surface area (Å²) in [5, 5.41) is 14.1. The Balaban J connectivity index is 2.46. The maximum atomic E-state index is 10.6. The highest BCUT2D eigenvalue weighted by Crippen LogP contribution is 2.22. The number of rotatable bonds is 9.